The standard InChI is InChI=1S/C9H11NO3/c1-9(12,8(11)13-2)7-4-3-5-10-6-7/h3-6,12H,1-2H3. The molecule has 1 heterocycles. The van der Waals surface area contributed by atoms with Crippen molar-refractivity contribution in [1.82, 2.24) is 4.98 Å². The number of methoxy groups -OCH3 is 1. The Kier molecular flexibility index (Phi) is 2.63. The number of pyridine rings is 1. The number of hydrogen-bond acceptors (Lipinski definition) is 4. The van der Waals surface area contributed by atoms with E-state index in [1.54, 1.807) is 18.3 Å². The van der Waals surface area contributed by atoms with Gasteiger partial charge in [-0.25, -0.2) is 4.79 Å². The van der Waals surface area contributed by atoms with Crippen molar-refractivity contribution in [2.75, 3.05) is 7.11 Å². The normalized spacial score (nSPS) is 14.7. The summed E-state index contributed by atoms with van der Waals surface area (Å²) < 4.78 is 4.45. The van der Waals surface area contributed by atoms with Crippen LogP contribution in [-0.4, -0.2) is 23.2 Å². The fourth-order valence-corrected chi connectivity index (χ4v) is 0.967. The molecule has 1 atom stereocenters. The first-order valence-electron chi connectivity index (χ1n) is 3.80. The largest absolute Gasteiger partial charge is 0.467 e. The minimum absolute atomic E-state index is 0.418. The molecule has 0 saturated carbocycles. The maximum absolute atomic E-state index is 11.1. The SMILES string of the molecule is COC(=O)C(C)(O)c1cccnc1. The van der Waals surface area contributed by atoms with Crippen LogP contribution in [0.1, 0.15) is 12.5 Å². The van der Waals surface area contributed by atoms with Crippen LogP contribution in [0.5, 0.6) is 0 Å². The summed E-state index contributed by atoms with van der Waals surface area (Å²) in [6.07, 6.45) is 2.99. The number of aromatic nitrogens is 1. The summed E-state index contributed by atoms with van der Waals surface area (Å²) in [6, 6.07) is 3.26. The molecule has 1 unspecified atom stereocenters. The average molecular weight is 181 g/mol. The van der Waals surface area contributed by atoms with Crippen molar-refractivity contribution in [3.63, 3.8) is 0 Å². The zero-order valence-electron chi connectivity index (χ0n) is 7.52. The number of rotatable bonds is 2. The van der Waals surface area contributed by atoms with Crippen LogP contribution in [0.3, 0.4) is 0 Å². The number of hydrogen-bond donors (Lipinski definition) is 1. The van der Waals surface area contributed by atoms with Crippen LogP contribution < -0.4 is 0 Å². The monoisotopic (exact) mass is 181 g/mol. The van der Waals surface area contributed by atoms with E-state index in [0.29, 0.717) is 5.56 Å². The van der Waals surface area contributed by atoms with E-state index in [-0.39, 0.29) is 0 Å². The van der Waals surface area contributed by atoms with Crippen LogP contribution in [0.4, 0.5) is 0 Å². The fraction of sp³-hybridized carbons (Fsp3) is 0.333. The van der Waals surface area contributed by atoms with Gasteiger partial charge in [0.2, 0.25) is 0 Å². The molecule has 13 heavy (non-hydrogen) atoms. The van der Waals surface area contributed by atoms with Crippen LogP contribution in [0.15, 0.2) is 24.5 Å². The molecular weight excluding hydrogens is 170 g/mol. The second-order valence-corrected chi connectivity index (χ2v) is 2.81. The van der Waals surface area contributed by atoms with Gasteiger partial charge in [-0.2, -0.15) is 0 Å². The van der Waals surface area contributed by atoms with Crippen LogP contribution >= 0.6 is 0 Å². The van der Waals surface area contributed by atoms with Crippen molar-refractivity contribution in [1.29, 1.82) is 0 Å². The number of carbonyl (C=O) groups excluding carboxylic acids is 1. The molecule has 0 fully saturated rings. The van der Waals surface area contributed by atoms with Crippen molar-refractivity contribution in [3.8, 4) is 0 Å². The lowest BCUT2D eigenvalue weighted by Gasteiger charge is -2.19. The molecule has 0 aliphatic carbocycles. The highest BCUT2D eigenvalue weighted by Crippen LogP contribution is 2.20. The van der Waals surface area contributed by atoms with Crippen molar-refractivity contribution >= 4 is 5.97 Å². The Morgan fingerprint density at radius 3 is 2.85 bits per heavy atom. The second-order valence-electron chi connectivity index (χ2n) is 2.81. The topological polar surface area (TPSA) is 59.4 Å². The van der Waals surface area contributed by atoms with E-state index in [9.17, 15) is 9.90 Å². The Balaban J connectivity index is 3.00. The highest BCUT2D eigenvalue weighted by molar-refractivity contribution is 5.80. The van der Waals surface area contributed by atoms with Gasteiger partial charge in [-0.3, -0.25) is 4.98 Å². The zero-order chi connectivity index (χ0) is 9.90. The number of nitrogens with zero attached hydrogens (tertiary/aromatic N) is 1. The van der Waals surface area contributed by atoms with E-state index >= 15 is 0 Å². The maximum Gasteiger partial charge on any atom is 0.342 e. The molecule has 1 N–H and O–H groups in total. The Hall–Kier alpha value is -1.42. The number of aliphatic hydroxyl groups is 1. The molecule has 0 aliphatic rings. The van der Waals surface area contributed by atoms with Crippen LogP contribution in [0.25, 0.3) is 0 Å². The van der Waals surface area contributed by atoms with Crippen LogP contribution in [-0.2, 0) is 15.1 Å². The third-order valence-electron chi connectivity index (χ3n) is 1.81. The van der Waals surface area contributed by atoms with Gasteiger partial charge in [-0.05, 0) is 13.0 Å². The van der Waals surface area contributed by atoms with E-state index in [0.717, 1.165) is 0 Å². The molecule has 0 aromatic carbocycles. The molecule has 0 spiro atoms. The summed E-state index contributed by atoms with van der Waals surface area (Å²) in [5, 5.41) is 9.74. The minimum atomic E-state index is -1.62. The van der Waals surface area contributed by atoms with Gasteiger partial charge in [0.25, 0.3) is 0 Å². The van der Waals surface area contributed by atoms with Crippen molar-refractivity contribution in [3.05, 3.63) is 30.1 Å². The summed E-state index contributed by atoms with van der Waals surface area (Å²) in [7, 11) is 1.23. The quantitative estimate of drug-likeness (QED) is 0.673. The van der Waals surface area contributed by atoms with Gasteiger partial charge in [0, 0.05) is 18.0 Å². The maximum atomic E-state index is 11.1. The molecule has 70 valence electrons. The van der Waals surface area contributed by atoms with Gasteiger partial charge in [0.1, 0.15) is 0 Å². The van der Waals surface area contributed by atoms with Gasteiger partial charge in [0.05, 0.1) is 7.11 Å². The van der Waals surface area contributed by atoms with Gasteiger partial charge >= 0.3 is 5.97 Å². The van der Waals surface area contributed by atoms with Gasteiger partial charge in [-0.1, -0.05) is 6.07 Å². The molecule has 0 radical (unpaired) electrons. The predicted molar refractivity (Wildman–Crippen MR) is 45.8 cm³/mol. The van der Waals surface area contributed by atoms with E-state index < -0.39 is 11.6 Å². The van der Waals surface area contributed by atoms with Gasteiger partial charge in [-0.15, -0.1) is 0 Å². The van der Waals surface area contributed by atoms with Crippen molar-refractivity contribution in [2.24, 2.45) is 0 Å². The molecule has 0 amide bonds. The van der Waals surface area contributed by atoms with Crippen molar-refractivity contribution in [2.45, 2.75) is 12.5 Å². The highest BCUT2D eigenvalue weighted by Gasteiger charge is 2.33. The first-order valence-corrected chi connectivity index (χ1v) is 3.80. The Morgan fingerprint density at radius 1 is 1.69 bits per heavy atom. The molecule has 1 aromatic heterocycles. The summed E-state index contributed by atoms with van der Waals surface area (Å²) >= 11 is 0. The first-order chi connectivity index (χ1) is 6.09. The molecule has 0 bridgehead atoms. The van der Waals surface area contributed by atoms with E-state index in [4.69, 9.17) is 0 Å². The molecule has 4 nitrogen and oxygen atoms in total. The Bertz CT molecular complexity index is 295. The summed E-state index contributed by atoms with van der Waals surface area (Å²) in [4.78, 5) is 14.9. The molecule has 4 heteroatoms. The lowest BCUT2D eigenvalue weighted by Crippen LogP contribution is -2.33. The predicted octanol–water partition coefficient (Wildman–Crippen LogP) is 0.462. The average Bonchev–Trinajstić information content (AvgIpc) is 2.18. The summed E-state index contributed by atoms with van der Waals surface area (Å²) in [6.45, 7) is 1.37. The smallest absolute Gasteiger partial charge is 0.342 e. The van der Waals surface area contributed by atoms with E-state index in [1.807, 2.05) is 0 Å². The summed E-state index contributed by atoms with van der Waals surface area (Å²) in [5.74, 6) is -0.694. The highest BCUT2D eigenvalue weighted by atomic mass is 16.5. The number of esters is 1. The molecule has 0 saturated heterocycles. The van der Waals surface area contributed by atoms with Crippen LogP contribution in [0.2, 0.25) is 0 Å². The molecule has 1 aromatic rings. The lowest BCUT2D eigenvalue weighted by molar-refractivity contribution is -0.161. The Morgan fingerprint density at radius 2 is 2.38 bits per heavy atom. The van der Waals surface area contributed by atoms with E-state index in [2.05, 4.69) is 9.72 Å². The molecular formula is C9H11NO3. The number of carbonyl (C=O) groups is 1. The second kappa shape index (κ2) is 3.53. The van der Waals surface area contributed by atoms with Gasteiger partial charge in [0.15, 0.2) is 5.60 Å². The summed E-state index contributed by atoms with van der Waals surface area (Å²) in [5.41, 5.74) is -1.20. The third-order valence-corrected chi connectivity index (χ3v) is 1.81. The first kappa shape index (κ1) is 9.67. The zero-order valence-corrected chi connectivity index (χ0v) is 7.52. The Labute approximate surface area is 76.2 Å². The number of ether oxygens (including phenoxy) is 1. The lowest BCUT2D eigenvalue weighted by atomic mass is 9.98. The van der Waals surface area contributed by atoms with Gasteiger partial charge < -0.3 is 9.84 Å². The van der Waals surface area contributed by atoms with Crippen molar-refractivity contribution < 1.29 is 14.6 Å². The molecule has 0 aliphatic heterocycles. The molecule has 1 rings (SSSR count). The fourth-order valence-electron chi connectivity index (χ4n) is 0.967. The van der Waals surface area contributed by atoms with E-state index in [1.165, 1.54) is 20.2 Å². The third kappa shape index (κ3) is 1.84. The van der Waals surface area contributed by atoms with Crippen LogP contribution in [0, 0.1) is 0 Å². The minimum Gasteiger partial charge on any atom is -0.467 e.